The number of halogens is 2. The average molecular weight is 290 g/mol. The lowest BCUT2D eigenvalue weighted by molar-refractivity contribution is -0.118. The highest BCUT2D eigenvalue weighted by Crippen LogP contribution is 2.28. The van der Waals surface area contributed by atoms with Crippen LogP contribution in [-0.4, -0.2) is 18.4 Å². The van der Waals surface area contributed by atoms with Crippen molar-refractivity contribution in [2.45, 2.75) is 12.8 Å². The fourth-order valence-electron chi connectivity index (χ4n) is 1.34. The summed E-state index contributed by atoms with van der Waals surface area (Å²) in [5.74, 6) is -0.798. The van der Waals surface area contributed by atoms with Crippen LogP contribution < -0.4 is 16.8 Å². The van der Waals surface area contributed by atoms with E-state index in [1.54, 1.807) is 0 Å². The molecule has 1 aromatic carbocycles. The maximum absolute atomic E-state index is 11.8. The zero-order valence-corrected chi connectivity index (χ0v) is 11.0. The van der Waals surface area contributed by atoms with E-state index >= 15 is 0 Å². The number of nitrogen functional groups attached to an aromatic ring is 1. The number of hydrogen-bond donors (Lipinski definition) is 3. The zero-order valence-electron chi connectivity index (χ0n) is 9.50. The van der Waals surface area contributed by atoms with Crippen molar-refractivity contribution in [1.29, 1.82) is 0 Å². The van der Waals surface area contributed by atoms with Crippen LogP contribution in [0, 0.1) is 0 Å². The number of carbonyl (C=O) groups excluding carboxylic acids is 2. The van der Waals surface area contributed by atoms with Gasteiger partial charge in [0.25, 0.3) is 5.91 Å². The molecule has 1 rings (SSSR count). The van der Waals surface area contributed by atoms with Crippen molar-refractivity contribution in [2.75, 3.05) is 12.3 Å². The molecule has 0 unspecified atom stereocenters. The van der Waals surface area contributed by atoms with E-state index < -0.39 is 11.8 Å². The van der Waals surface area contributed by atoms with Crippen molar-refractivity contribution in [3.05, 3.63) is 27.7 Å². The quantitative estimate of drug-likeness (QED) is 0.567. The van der Waals surface area contributed by atoms with Crippen LogP contribution in [0.15, 0.2) is 12.1 Å². The zero-order chi connectivity index (χ0) is 13.7. The molecule has 0 aliphatic heterocycles. The second-order valence-electron chi connectivity index (χ2n) is 3.69. The van der Waals surface area contributed by atoms with Gasteiger partial charge in [0.15, 0.2) is 0 Å². The van der Waals surface area contributed by atoms with E-state index in [0.29, 0.717) is 18.7 Å². The Bertz CT molecular complexity index is 478. The third-order valence-electron chi connectivity index (χ3n) is 2.18. The van der Waals surface area contributed by atoms with Crippen molar-refractivity contribution in [3.63, 3.8) is 0 Å². The summed E-state index contributed by atoms with van der Waals surface area (Å²) in [7, 11) is 0. The highest BCUT2D eigenvalue weighted by atomic mass is 35.5. The van der Waals surface area contributed by atoms with Crippen molar-refractivity contribution >= 4 is 40.7 Å². The van der Waals surface area contributed by atoms with Crippen molar-refractivity contribution in [2.24, 2.45) is 5.73 Å². The summed E-state index contributed by atoms with van der Waals surface area (Å²) in [5, 5.41) is 2.98. The molecule has 0 aliphatic carbocycles. The van der Waals surface area contributed by atoms with Gasteiger partial charge in [0.05, 0.1) is 15.6 Å². The first-order chi connectivity index (χ1) is 8.41. The molecule has 0 atom stereocenters. The topological polar surface area (TPSA) is 98.2 Å². The van der Waals surface area contributed by atoms with E-state index in [2.05, 4.69) is 5.32 Å². The smallest absolute Gasteiger partial charge is 0.252 e. The lowest BCUT2D eigenvalue weighted by Crippen LogP contribution is -2.26. The summed E-state index contributed by atoms with van der Waals surface area (Å²) in [6, 6.07) is 2.91. The highest BCUT2D eigenvalue weighted by molar-refractivity contribution is 6.44. The molecule has 0 aromatic heterocycles. The fourth-order valence-corrected chi connectivity index (χ4v) is 1.76. The molecule has 98 valence electrons. The van der Waals surface area contributed by atoms with Gasteiger partial charge in [-0.05, 0) is 18.6 Å². The van der Waals surface area contributed by atoms with E-state index in [1.807, 2.05) is 0 Å². The maximum atomic E-state index is 11.8. The van der Waals surface area contributed by atoms with Gasteiger partial charge in [0.1, 0.15) is 0 Å². The molecule has 0 heterocycles. The van der Waals surface area contributed by atoms with Crippen LogP contribution in [0.2, 0.25) is 10.0 Å². The van der Waals surface area contributed by atoms with Crippen molar-refractivity contribution < 1.29 is 9.59 Å². The molecule has 0 saturated carbocycles. The second kappa shape index (κ2) is 6.47. The second-order valence-corrected chi connectivity index (χ2v) is 4.48. The van der Waals surface area contributed by atoms with Gasteiger partial charge < -0.3 is 16.8 Å². The summed E-state index contributed by atoms with van der Waals surface area (Å²) in [6.07, 6.45) is 0.681. The van der Waals surface area contributed by atoms with Crippen LogP contribution in [0.25, 0.3) is 0 Å². The molecule has 5 N–H and O–H groups in total. The minimum Gasteiger partial charge on any atom is -0.399 e. The fraction of sp³-hybridized carbons (Fsp3) is 0.273. The molecule has 5 nitrogen and oxygen atoms in total. The molecule has 0 radical (unpaired) electrons. The number of primary amides is 1. The summed E-state index contributed by atoms with van der Waals surface area (Å²) in [4.78, 5) is 22.3. The van der Waals surface area contributed by atoms with Gasteiger partial charge in [-0.1, -0.05) is 23.2 Å². The van der Waals surface area contributed by atoms with Gasteiger partial charge in [0, 0.05) is 18.7 Å². The number of rotatable bonds is 5. The Kier molecular flexibility index (Phi) is 5.25. The van der Waals surface area contributed by atoms with Gasteiger partial charge >= 0.3 is 0 Å². The predicted molar refractivity (Wildman–Crippen MR) is 71.6 cm³/mol. The van der Waals surface area contributed by atoms with Crippen molar-refractivity contribution in [3.8, 4) is 0 Å². The Morgan fingerprint density at radius 2 is 1.94 bits per heavy atom. The highest BCUT2D eigenvalue weighted by Gasteiger charge is 2.13. The number of benzene rings is 1. The minimum atomic E-state index is -0.408. The predicted octanol–water partition coefficient (Wildman–Crippen LogP) is 1.57. The van der Waals surface area contributed by atoms with Gasteiger partial charge in [0.2, 0.25) is 5.91 Å². The Morgan fingerprint density at radius 1 is 1.28 bits per heavy atom. The molecule has 0 spiro atoms. The summed E-state index contributed by atoms with van der Waals surface area (Å²) in [5.41, 5.74) is 11.1. The molecule has 1 aromatic rings. The summed E-state index contributed by atoms with van der Waals surface area (Å²) >= 11 is 11.7. The normalized spacial score (nSPS) is 10.1. The van der Waals surface area contributed by atoms with Crippen LogP contribution in [0.5, 0.6) is 0 Å². The number of anilines is 1. The third-order valence-corrected chi connectivity index (χ3v) is 2.98. The standard InChI is InChI=1S/C11H13Cl2N3O2/c12-8-5-6(14)4-7(10(8)13)11(18)16-3-1-2-9(15)17/h4-5H,1-3,14H2,(H2,15,17)(H,16,18). The first-order valence-electron chi connectivity index (χ1n) is 5.23. The van der Waals surface area contributed by atoms with E-state index in [4.69, 9.17) is 34.7 Å². The number of nitrogens with two attached hydrogens (primary N) is 2. The van der Waals surface area contributed by atoms with Gasteiger partial charge in [-0.2, -0.15) is 0 Å². The summed E-state index contributed by atoms with van der Waals surface area (Å²) < 4.78 is 0. The average Bonchev–Trinajstić information content (AvgIpc) is 2.28. The monoisotopic (exact) mass is 289 g/mol. The Hall–Kier alpha value is -1.46. The minimum absolute atomic E-state index is 0.151. The molecule has 0 fully saturated rings. The maximum Gasteiger partial charge on any atom is 0.252 e. The summed E-state index contributed by atoms with van der Waals surface area (Å²) in [6.45, 7) is 0.324. The van der Waals surface area contributed by atoms with Crippen molar-refractivity contribution in [1.82, 2.24) is 5.32 Å². The van der Waals surface area contributed by atoms with Crippen LogP contribution in [0.3, 0.4) is 0 Å². The third kappa shape index (κ3) is 4.09. The van der Waals surface area contributed by atoms with E-state index in [-0.39, 0.29) is 22.0 Å². The van der Waals surface area contributed by atoms with Crippen LogP contribution in [0.1, 0.15) is 23.2 Å². The lowest BCUT2D eigenvalue weighted by atomic mass is 10.2. The number of nitrogens with one attached hydrogen (secondary N) is 1. The van der Waals surface area contributed by atoms with E-state index in [0.717, 1.165) is 0 Å². The van der Waals surface area contributed by atoms with Crippen LogP contribution in [0.4, 0.5) is 5.69 Å². The van der Waals surface area contributed by atoms with Gasteiger partial charge in [-0.15, -0.1) is 0 Å². The molecule has 0 bridgehead atoms. The molecule has 18 heavy (non-hydrogen) atoms. The van der Waals surface area contributed by atoms with E-state index in [9.17, 15) is 9.59 Å². The molecule has 0 saturated heterocycles. The Labute approximate surface area is 114 Å². The number of carbonyl (C=O) groups is 2. The molecule has 2 amide bonds. The molecule has 7 heteroatoms. The molecular formula is C11H13Cl2N3O2. The van der Waals surface area contributed by atoms with Crippen LogP contribution in [-0.2, 0) is 4.79 Å². The SMILES string of the molecule is NC(=O)CCCNC(=O)c1cc(N)cc(Cl)c1Cl. The van der Waals surface area contributed by atoms with Gasteiger partial charge in [-0.3, -0.25) is 9.59 Å². The van der Waals surface area contributed by atoms with Crippen LogP contribution >= 0.6 is 23.2 Å². The molecular weight excluding hydrogens is 277 g/mol. The van der Waals surface area contributed by atoms with Gasteiger partial charge in [-0.25, -0.2) is 0 Å². The first-order valence-corrected chi connectivity index (χ1v) is 5.98. The number of hydrogen-bond acceptors (Lipinski definition) is 3. The lowest BCUT2D eigenvalue weighted by Gasteiger charge is -2.08. The largest absolute Gasteiger partial charge is 0.399 e. The Balaban J connectivity index is 2.64. The number of amides is 2. The molecule has 0 aliphatic rings. The first kappa shape index (κ1) is 14.6. The van der Waals surface area contributed by atoms with E-state index in [1.165, 1.54) is 12.1 Å². The Morgan fingerprint density at radius 3 is 2.56 bits per heavy atom.